The second-order valence-electron chi connectivity index (χ2n) is 5.95. The van der Waals surface area contributed by atoms with Crippen molar-refractivity contribution in [3.05, 3.63) is 18.0 Å². The zero-order chi connectivity index (χ0) is 15.5. The highest BCUT2D eigenvalue weighted by atomic mass is 32.2. The minimum Gasteiger partial charge on any atom is -0.348 e. The number of piperazine rings is 1. The molecule has 0 saturated carbocycles. The molecule has 1 aromatic heterocycles. The zero-order valence-corrected chi connectivity index (χ0v) is 14.1. The summed E-state index contributed by atoms with van der Waals surface area (Å²) in [7, 11) is 0. The second kappa shape index (κ2) is 6.73. The molecule has 0 radical (unpaired) electrons. The Balaban J connectivity index is 1.43. The van der Waals surface area contributed by atoms with E-state index in [0.29, 0.717) is 18.2 Å². The van der Waals surface area contributed by atoms with E-state index in [4.69, 9.17) is 0 Å². The molecule has 6 nitrogen and oxygen atoms in total. The van der Waals surface area contributed by atoms with Crippen LogP contribution in [-0.4, -0.2) is 68.6 Å². The number of carbonyl (C=O) groups excluding carboxylic acids is 1. The van der Waals surface area contributed by atoms with Gasteiger partial charge in [0.15, 0.2) is 5.17 Å². The number of aryl methyl sites for hydroxylation is 2. The molecule has 1 fully saturated rings. The van der Waals surface area contributed by atoms with Gasteiger partial charge in [-0.25, -0.2) is 0 Å². The molecule has 0 N–H and O–H groups in total. The van der Waals surface area contributed by atoms with Crippen molar-refractivity contribution in [3.63, 3.8) is 0 Å². The largest absolute Gasteiger partial charge is 0.348 e. The molecular weight excluding hydrogens is 298 g/mol. The van der Waals surface area contributed by atoms with Crippen molar-refractivity contribution in [1.29, 1.82) is 0 Å². The number of aliphatic imine (C=N–C) groups is 1. The highest BCUT2D eigenvalue weighted by Gasteiger charge is 2.26. The molecule has 3 rings (SSSR count). The summed E-state index contributed by atoms with van der Waals surface area (Å²) in [5.74, 6) is 0.224. The van der Waals surface area contributed by atoms with Gasteiger partial charge in [-0.3, -0.25) is 14.5 Å². The predicted molar refractivity (Wildman–Crippen MR) is 89.1 cm³/mol. The van der Waals surface area contributed by atoms with E-state index in [1.165, 1.54) is 0 Å². The summed E-state index contributed by atoms with van der Waals surface area (Å²) in [6, 6.07) is 0. The Morgan fingerprint density at radius 3 is 2.73 bits per heavy atom. The fourth-order valence-corrected chi connectivity index (χ4v) is 3.73. The third kappa shape index (κ3) is 3.63. The number of hydrogen-bond acceptors (Lipinski definition) is 5. The Labute approximate surface area is 135 Å². The fraction of sp³-hybridized carbons (Fsp3) is 0.667. The maximum atomic E-state index is 12.3. The Morgan fingerprint density at radius 2 is 2.14 bits per heavy atom. The van der Waals surface area contributed by atoms with E-state index in [0.717, 1.165) is 43.5 Å². The lowest BCUT2D eigenvalue weighted by atomic mass is 10.3. The van der Waals surface area contributed by atoms with Crippen molar-refractivity contribution < 1.29 is 4.79 Å². The molecule has 2 aliphatic rings. The average molecular weight is 321 g/mol. The van der Waals surface area contributed by atoms with Crippen LogP contribution in [0.3, 0.4) is 0 Å². The molecular formula is C15H23N5OS. The van der Waals surface area contributed by atoms with Gasteiger partial charge in [-0.05, 0) is 12.5 Å². The lowest BCUT2D eigenvalue weighted by molar-refractivity contribution is -0.132. The molecule has 1 atom stereocenters. The van der Waals surface area contributed by atoms with E-state index < -0.39 is 0 Å². The number of nitrogens with zero attached hydrogens (tertiary/aromatic N) is 5. The third-order valence-electron chi connectivity index (χ3n) is 4.01. The average Bonchev–Trinajstić information content (AvgIpc) is 3.13. The maximum Gasteiger partial charge on any atom is 0.224 e. The van der Waals surface area contributed by atoms with Gasteiger partial charge >= 0.3 is 0 Å². The fourth-order valence-electron chi connectivity index (χ4n) is 2.74. The number of thioether (sulfide) groups is 1. The Hall–Kier alpha value is -1.50. The Morgan fingerprint density at radius 1 is 1.36 bits per heavy atom. The highest BCUT2D eigenvalue weighted by molar-refractivity contribution is 8.14. The van der Waals surface area contributed by atoms with Crippen molar-refractivity contribution >= 4 is 22.8 Å². The SMILES string of the molecule is Cc1cnn(CCC(=O)N2CCN(C3=NC[C@@H](C)S3)CC2)c1. The summed E-state index contributed by atoms with van der Waals surface area (Å²) in [6.07, 6.45) is 4.32. The van der Waals surface area contributed by atoms with E-state index in [-0.39, 0.29) is 5.91 Å². The molecule has 3 heterocycles. The van der Waals surface area contributed by atoms with Gasteiger partial charge < -0.3 is 9.80 Å². The molecule has 0 aromatic carbocycles. The molecule has 1 amide bonds. The molecule has 0 bridgehead atoms. The number of rotatable bonds is 3. The van der Waals surface area contributed by atoms with Gasteiger partial charge in [0.1, 0.15) is 0 Å². The van der Waals surface area contributed by atoms with Gasteiger partial charge in [0, 0.05) is 50.6 Å². The minimum atomic E-state index is 0.224. The molecule has 1 aromatic rings. The summed E-state index contributed by atoms with van der Waals surface area (Å²) in [6.45, 7) is 9.18. The summed E-state index contributed by atoms with van der Waals surface area (Å²) >= 11 is 1.85. The van der Waals surface area contributed by atoms with E-state index in [1.54, 1.807) is 0 Å². The lowest BCUT2D eigenvalue weighted by Gasteiger charge is -2.35. The van der Waals surface area contributed by atoms with Crippen LogP contribution in [-0.2, 0) is 11.3 Å². The first-order valence-electron chi connectivity index (χ1n) is 7.85. The quantitative estimate of drug-likeness (QED) is 0.840. The molecule has 0 unspecified atom stereocenters. The summed E-state index contributed by atoms with van der Waals surface area (Å²) in [5.41, 5.74) is 1.13. The van der Waals surface area contributed by atoms with Crippen molar-refractivity contribution in [2.45, 2.75) is 32.1 Å². The molecule has 0 spiro atoms. The number of hydrogen-bond donors (Lipinski definition) is 0. The molecule has 2 aliphatic heterocycles. The van der Waals surface area contributed by atoms with Gasteiger partial charge in [0.05, 0.1) is 12.7 Å². The van der Waals surface area contributed by atoms with Gasteiger partial charge in [-0.15, -0.1) is 0 Å². The van der Waals surface area contributed by atoms with E-state index in [2.05, 4.69) is 21.9 Å². The summed E-state index contributed by atoms with van der Waals surface area (Å²) in [5, 5.41) is 5.97. The number of carbonyl (C=O) groups is 1. The minimum absolute atomic E-state index is 0.224. The third-order valence-corrected chi connectivity index (χ3v) is 5.16. The zero-order valence-electron chi connectivity index (χ0n) is 13.2. The lowest BCUT2D eigenvalue weighted by Crippen LogP contribution is -2.50. The molecule has 0 aliphatic carbocycles. The van der Waals surface area contributed by atoms with Crippen LogP contribution in [0, 0.1) is 6.92 Å². The number of amides is 1. The highest BCUT2D eigenvalue weighted by Crippen LogP contribution is 2.23. The van der Waals surface area contributed by atoms with Crippen LogP contribution < -0.4 is 0 Å². The standard InChI is InChI=1S/C15H23N5OS/c1-12-9-17-20(11-12)4-3-14(21)18-5-7-19(8-6-18)15-16-10-13(2)22-15/h9,11,13H,3-8,10H2,1-2H3/t13-/m1/s1. The number of aromatic nitrogens is 2. The van der Waals surface area contributed by atoms with Gasteiger partial charge in [-0.2, -0.15) is 5.10 Å². The van der Waals surface area contributed by atoms with Crippen LogP contribution in [0.5, 0.6) is 0 Å². The van der Waals surface area contributed by atoms with E-state index in [1.807, 2.05) is 40.7 Å². The van der Waals surface area contributed by atoms with Crippen LogP contribution in [0.15, 0.2) is 17.4 Å². The van der Waals surface area contributed by atoms with Gasteiger partial charge in [0.2, 0.25) is 5.91 Å². The first-order chi connectivity index (χ1) is 10.6. The normalized spacial score (nSPS) is 22.1. The first-order valence-corrected chi connectivity index (χ1v) is 8.72. The van der Waals surface area contributed by atoms with Crippen LogP contribution >= 0.6 is 11.8 Å². The Kier molecular flexibility index (Phi) is 4.71. The summed E-state index contributed by atoms with van der Waals surface area (Å²) in [4.78, 5) is 21.2. The summed E-state index contributed by atoms with van der Waals surface area (Å²) < 4.78 is 1.84. The van der Waals surface area contributed by atoms with E-state index >= 15 is 0 Å². The maximum absolute atomic E-state index is 12.3. The monoisotopic (exact) mass is 321 g/mol. The molecule has 120 valence electrons. The van der Waals surface area contributed by atoms with Crippen molar-refractivity contribution in [2.24, 2.45) is 4.99 Å². The smallest absolute Gasteiger partial charge is 0.224 e. The van der Waals surface area contributed by atoms with Crippen molar-refractivity contribution in [2.75, 3.05) is 32.7 Å². The first kappa shape index (κ1) is 15.4. The Bertz CT molecular complexity index is 562. The van der Waals surface area contributed by atoms with Crippen LogP contribution in [0.2, 0.25) is 0 Å². The van der Waals surface area contributed by atoms with Crippen LogP contribution in [0.4, 0.5) is 0 Å². The van der Waals surface area contributed by atoms with Gasteiger partial charge in [-0.1, -0.05) is 18.7 Å². The van der Waals surface area contributed by atoms with Crippen LogP contribution in [0.25, 0.3) is 0 Å². The van der Waals surface area contributed by atoms with Crippen molar-refractivity contribution in [3.8, 4) is 0 Å². The topological polar surface area (TPSA) is 53.7 Å². The molecule has 1 saturated heterocycles. The van der Waals surface area contributed by atoms with Gasteiger partial charge in [0.25, 0.3) is 0 Å². The van der Waals surface area contributed by atoms with Crippen molar-refractivity contribution in [1.82, 2.24) is 19.6 Å². The second-order valence-corrected chi connectivity index (χ2v) is 7.36. The molecule has 22 heavy (non-hydrogen) atoms. The number of amidine groups is 1. The predicted octanol–water partition coefficient (Wildman–Crippen LogP) is 1.22. The van der Waals surface area contributed by atoms with E-state index in [9.17, 15) is 4.79 Å². The van der Waals surface area contributed by atoms with Crippen LogP contribution in [0.1, 0.15) is 18.9 Å². The molecule has 7 heteroatoms.